The second-order valence-corrected chi connectivity index (χ2v) is 5.62. The van der Waals surface area contributed by atoms with Gasteiger partial charge >= 0.3 is 0 Å². The van der Waals surface area contributed by atoms with Crippen LogP contribution in [0.1, 0.15) is 42.9 Å². The highest BCUT2D eigenvalue weighted by atomic mass is 16.5. The number of rotatable bonds is 5. The van der Waals surface area contributed by atoms with Gasteiger partial charge in [-0.3, -0.25) is 4.90 Å². The molecular weight excluding hydrogens is 248 g/mol. The summed E-state index contributed by atoms with van der Waals surface area (Å²) in [6.07, 6.45) is 3.88. The molecule has 0 aliphatic carbocycles. The van der Waals surface area contributed by atoms with Crippen LogP contribution in [-0.4, -0.2) is 30.7 Å². The maximum atomic E-state index is 8.91. The first-order chi connectivity index (χ1) is 9.72. The summed E-state index contributed by atoms with van der Waals surface area (Å²) in [5.41, 5.74) is 3.27. The lowest BCUT2D eigenvalue weighted by Gasteiger charge is -2.33. The molecule has 0 radical (unpaired) electrons. The van der Waals surface area contributed by atoms with E-state index in [2.05, 4.69) is 30.9 Å². The van der Waals surface area contributed by atoms with Gasteiger partial charge in [0.15, 0.2) is 0 Å². The lowest BCUT2D eigenvalue weighted by atomic mass is 10.0. The lowest BCUT2D eigenvalue weighted by Crippen LogP contribution is -2.39. The molecule has 1 fully saturated rings. The zero-order chi connectivity index (χ0) is 14.4. The minimum atomic E-state index is 0.391. The number of hydrogen-bond donors (Lipinski definition) is 0. The van der Waals surface area contributed by atoms with E-state index >= 15 is 0 Å². The zero-order valence-corrected chi connectivity index (χ0v) is 12.6. The van der Waals surface area contributed by atoms with Crippen LogP contribution in [0, 0.1) is 18.3 Å². The molecule has 0 bridgehead atoms. The molecule has 0 aromatic heterocycles. The third kappa shape index (κ3) is 4.06. The van der Waals surface area contributed by atoms with Gasteiger partial charge in [-0.2, -0.15) is 5.26 Å². The number of aryl methyl sites for hydroxylation is 1. The van der Waals surface area contributed by atoms with Gasteiger partial charge in [-0.15, -0.1) is 0 Å². The summed E-state index contributed by atoms with van der Waals surface area (Å²) in [7, 11) is 0. The van der Waals surface area contributed by atoms with Crippen LogP contribution in [0.15, 0.2) is 18.2 Å². The number of likely N-dealkylation sites (tertiary alicyclic amines) is 1. The predicted molar refractivity (Wildman–Crippen MR) is 80.4 cm³/mol. The third-order valence-corrected chi connectivity index (χ3v) is 3.89. The Labute approximate surface area is 122 Å². The van der Waals surface area contributed by atoms with Gasteiger partial charge in [0.1, 0.15) is 0 Å². The van der Waals surface area contributed by atoms with Crippen molar-refractivity contribution in [3.63, 3.8) is 0 Å². The van der Waals surface area contributed by atoms with Gasteiger partial charge in [0.05, 0.1) is 17.7 Å². The second kappa shape index (κ2) is 7.42. The van der Waals surface area contributed by atoms with Gasteiger partial charge in [-0.25, -0.2) is 0 Å². The van der Waals surface area contributed by atoms with Gasteiger partial charge in [0.2, 0.25) is 0 Å². The van der Waals surface area contributed by atoms with Crippen LogP contribution >= 0.6 is 0 Å². The molecule has 0 amide bonds. The van der Waals surface area contributed by atoms with E-state index in [1.165, 1.54) is 24.0 Å². The summed E-state index contributed by atoms with van der Waals surface area (Å²) in [6, 6.07) is 8.17. The summed E-state index contributed by atoms with van der Waals surface area (Å²) in [4.78, 5) is 2.47. The average molecular weight is 272 g/mol. The molecule has 20 heavy (non-hydrogen) atoms. The lowest BCUT2D eigenvalue weighted by molar-refractivity contribution is -0.00227. The van der Waals surface area contributed by atoms with Crippen LogP contribution in [0.3, 0.4) is 0 Å². The molecule has 2 rings (SSSR count). The molecule has 3 nitrogen and oxygen atoms in total. The van der Waals surface area contributed by atoms with Crippen molar-refractivity contribution >= 4 is 0 Å². The van der Waals surface area contributed by atoms with Crippen molar-refractivity contribution in [2.45, 2.75) is 45.8 Å². The van der Waals surface area contributed by atoms with Gasteiger partial charge in [-0.1, -0.05) is 13.0 Å². The number of hydrogen-bond acceptors (Lipinski definition) is 3. The number of piperidine rings is 1. The van der Waals surface area contributed by atoms with Crippen LogP contribution in [0.2, 0.25) is 0 Å². The fourth-order valence-electron chi connectivity index (χ4n) is 2.76. The Bertz CT molecular complexity index is 478. The molecule has 0 spiro atoms. The van der Waals surface area contributed by atoms with Crippen molar-refractivity contribution in [1.29, 1.82) is 5.26 Å². The number of benzene rings is 1. The normalized spacial score (nSPS) is 19.8. The third-order valence-electron chi connectivity index (χ3n) is 3.89. The molecule has 1 aromatic rings. The van der Waals surface area contributed by atoms with Crippen LogP contribution in [0.4, 0.5) is 0 Å². The van der Waals surface area contributed by atoms with E-state index < -0.39 is 0 Å². The van der Waals surface area contributed by atoms with E-state index in [4.69, 9.17) is 10.00 Å². The topological polar surface area (TPSA) is 36.3 Å². The highest BCUT2D eigenvalue weighted by Gasteiger charge is 2.20. The standard InChI is InChI=1S/C17H24N2O/c1-3-9-20-17-5-4-8-19(13-17)12-16-7-6-15(11-18)10-14(16)2/h6-7,10,17H,3-5,8-9,12-13H2,1-2H3. The van der Waals surface area contributed by atoms with Crippen molar-refractivity contribution in [1.82, 2.24) is 4.90 Å². The molecule has 1 aromatic carbocycles. The summed E-state index contributed by atoms with van der Waals surface area (Å²) < 4.78 is 5.88. The Hall–Kier alpha value is -1.37. The second-order valence-electron chi connectivity index (χ2n) is 5.62. The van der Waals surface area contributed by atoms with Crippen LogP contribution < -0.4 is 0 Å². The van der Waals surface area contributed by atoms with Gasteiger partial charge in [-0.05, 0) is 56.0 Å². The van der Waals surface area contributed by atoms with Crippen molar-refractivity contribution in [2.75, 3.05) is 19.7 Å². The summed E-state index contributed by atoms with van der Waals surface area (Å²) in [5.74, 6) is 0. The number of nitrogens with zero attached hydrogens (tertiary/aromatic N) is 2. The monoisotopic (exact) mass is 272 g/mol. The Morgan fingerprint density at radius 3 is 3.00 bits per heavy atom. The SMILES string of the molecule is CCCOC1CCCN(Cc2ccc(C#N)cc2C)C1. The molecule has 3 heteroatoms. The molecule has 1 saturated heterocycles. The largest absolute Gasteiger partial charge is 0.377 e. The molecule has 1 heterocycles. The van der Waals surface area contributed by atoms with Crippen molar-refractivity contribution in [3.05, 3.63) is 34.9 Å². The van der Waals surface area contributed by atoms with Gasteiger partial charge in [0.25, 0.3) is 0 Å². The van der Waals surface area contributed by atoms with Crippen molar-refractivity contribution in [2.24, 2.45) is 0 Å². The maximum absolute atomic E-state index is 8.91. The van der Waals surface area contributed by atoms with Crippen LogP contribution in [-0.2, 0) is 11.3 Å². The summed E-state index contributed by atoms with van der Waals surface area (Å²) in [6.45, 7) is 8.24. The molecule has 1 atom stereocenters. The average Bonchev–Trinajstić information content (AvgIpc) is 2.47. The van der Waals surface area contributed by atoms with Crippen LogP contribution in [0.5, 0.6) is 0 Å². The Morgan fingerprint density at radius 1 is 1.45 bits per heavy atom. The Kier molecular flexibility index (Phi) is 5.58. The minimum absolute atomic E-state index is 0.391. The highest BCUT2D eigenvalue weighted by molar-refractivity contribution is 5.37. The predicted octanol–water partition coefficient (Wildman–Crippen LogP) is 3.26. The van der Waals surface area contributed by atoms with E-state index in [0.717, 1.165) is 38.2 Å². The molecule has 0 N–H and O–H groups in total. The van der Waals surface area contributed by atoms with E-state index in [9.17, 15) is 0 Å². The van der Waals surface area contributed by atoms with E-state index in [-0.39, 0.29) is 0 Å². The summed E-state index contributed by atoms with van der Waals surface area (Å²) in [5, 5.41) is 8.91. The zero-order valence-electron chi connectivity index (χ0n) is 12.6. The maximum Gasteiger partial charge on any atom is 0.0991 e. The molecule has 108 valence electrons. The number of ether oxygens (including phenoxy) is 1. The number of nitriles is 1. The van der Waals surface area contributed by atoms with Gasteiger partial charge in [0, 0.05) is 19.7 Å². The minimum Gasteiger partial charge on any atom is -0.377 e. The molecule has 0 saturated carbocycles. The fourth-order valence-corrected chi connectivity index (χ4v) is 2.76. The first kappa shape index (κ1) is 15.0. The van der Waals surface area contributed by atoms with Crippen molar-refractivity contribution in [3.8, 4) is 6.07 Å². The van der Waals surface area contributed by atoms with E-state index in [0.29, 0.717) is 6.10 Å². The highest BCUT2D eigenvalue weighted by Crippen LogP contribution is 2.18. The molecular formula is C17H24N2O. The van der Waals surface area contributed by atoms with E-state index in [1.807, 2.05) is 12.1 Å². The van der Waals surface area contributed by atoms with Gasteiger partial charge < -0.3 is 4.74 Å². The first-order valence-electron chi connectivity index (χ1n) is 7.56. The quantitative estimate of drug-likeness (QED) is 0.825. The fraction of sp³-hybridized carbons (Fsp3) is 0.588. The van der Waals surface area contributed by atoms with Crippen molar-refractivity contribution < 1.29 is 4.74 Å². The Morgan fingerprint density at radius 2 is 2.30 bits per heavy atom. The first-order valence-corrected chi connectivity index (χ1v) is 7.56. The summed E-state index contributed by atoms with van der Waals surface area (Å²) >= 11 is 0. The van der Waals surface area contributed by atoms with Crippen LogP contribution in [0.25, 0.3) is 0 Å². The smallest absolute Gasteiger partial charge is 0.0991 e. The molecule has 1 unspecified atom stereocenters. The molecule has 1 aliphatic heterocycles. The van der Waals surface area contributed by atoms with E-state index in [1.54, 1.807) is 0 Å². The molecule has 1 aliphatic rings. The Balaban J connectivity index is 1.94.